The molecule has 0 atom stereocenters. The molecule has 7 aromatic heterocycles. The van der Waals surface area contributed by atoms with Crippen LogP contribution in [0, 0.1) is 41.5 Å². The molecule has 8 bridgehead atoms. The van der Waals surface area contributed by atoms with Crippen molar-refractivity contribution < 1.29 is 0 Å². The van der Waals surface area contributed by atoms with Crippen molar-refractivity contribution in [2.45, 2.75) is 107 Å². The molecule has 19 rings (SSSR count). The third kappa shape index (κ3) is 10.2. The Morgan fingerprint density at radius 2 is 0.565 bits per heavy atom. The second kappa shape index (κ2) is 25.9. The monoisotopic (exact) mass is 1400 g/mol. The molecule has 0 unspecified atom stereocenters. The summed E-state index contributed by atoms with van der Waals surface area (Å²) < 4.78 is 9.90. The molecule has 0 saturated carbocycles. The van der Waals surface area contributed by atoms with Crippen molar-refractivity contribution in [3.05, 3.63) is 261 Å². The molecular formula is C100H90N8. The van der Waals surface area contributed by atoms with Gasteiger partial charge in [0.1, 0.15) is 0 Å². The molecule has 0 fully saturated rings. The lowest BCUT2D eigenvalue weighted by Crippen LogP contribution is -1.99. The number of fused-ring (bicyclic) bond motifs is 20. The summed E-state index contributed by atoms with van der Waals surface area (Å²) >= 11 is 0. The minimum Gasteiger partial charge on any atom is -0.354 e. The van der Waals surface area contributed by atoms with Gasteiger partial charge < -0.3 is 28.2 Å². The van der Waals surface area contributed by atoms with E-state index in [9.17, 15) is 0 Å². The highest BCUT2D eigenvalue weighted by atomic mass is 15.0. The first kappa shape index (κ1) is 66.7. The fourth-order valence-electron chi connectivity index (χ4n) is 19.7. The summed E-state index contributed by atoms with van der Waals surface area (Å²) in [6.07, 6.45) is 18.0. The molecule has 108 heavy (non-hydrogen) atoms. The van der Waals surface area contributed by atoms with Gasteiger partial charge in [-0.05, 0) is 207 Å². The van der Waals surface area contributed by atoms with Crippen LogP contribution in [0.5, 0.6) is 0 Å². The maximum Gasteiger partial charge on any atom is 0.0737 e. The Morgan fingerprint density at radius 3 is 0.889 bits per heavy atom. The van der Waals surface area contributed by atoms with E-state index in [1.54, 1.807) is 0 Å². The van der Waals surface area contributed by atoms with E-state index in [4.69, 9.17) is 9.97 Å². The van der Waals surface area contributed by atoms with E-state index in [2.05, 4.69) is 330 Å². The fourth-order valence-corrected chi connectivity index (χ4v) is 19.7. The summed E-state index contributed by atoms with van der Waals surface area (Å²) in [7, 11) is 9.12. The summed E-state index contributed by atoms with van der Waals surface area (Å²) in [5.41, 5.74) is 41.3. The quantitative estimate of drug-likeness (QED) is 0.106. The maximum atomic E-state index is 5.96. The Bertz CT molecular complexity index is 6450. The van der Waals surface area contributed by atoms with Crippen LogP contribution in [0.2, 0.25) is 0 Å². The van der Waals surface area contributed by atoms with E-state index >= 15 is 0 Å². The average molecular weight is 1400 g/mol. The molecule has 0 spiro atoms. The number of benzene rings is 10. The fraction of sp³-hybridized carbons (Fsp3) is 0.200. The third-order valence-electron chi connectivity index (χ3n) is 24.2. The molecule has 530 valence electrons. The largest absolute Gasteiger partial charge is 0.354 e. The van der Waals surface area contributed by atoms with Gasteiger partial charge in [-0.25, -0.2) is 9.97 Å². The zero-order valence-electron chi connectivity index (χ0n) is 64.1. The molecular weight excluding hydrogens is 1310 g/mol. The van der Waals surface area contributed by atoms with Crippen LogP contribution in [0.1, 0.15) is 120 Å². The molecule has 0 saturated heterocycles. The van der Waals surface area contributed by atoms with Gasteiger partial charge in [-0.3, -0.25) is 0 Å². The summed E-state index contributed by atoms with van der Waals surface area (Å²) in [4.78, 5) is 20.1. The highest BCUT2D eigenvalue weighted by Crippen LogP contribution is 2.51. The van der Waals surface area contributed by atoms with E-state index < -0.39 is 0 Å². The summed E-state index contributed by atoms with van der Waals surface area (Å²) in [6, 6.07) is 73.5. The molecule has 9 heterocycles. The lowest BCUT2D eigenvalue weighted by molar-refractivity contribution is 0.720. The highest BCUT2D eigenvalue weighted by Gasteiger charge is 2.30. The van der Waals surface area contributed by atoms with Gasteiger partial charge in [0, 0.05) is 149 Å². The molecule has 8 heteroatoms. The molecule has 0 radical (unpaired) electrons. The molecule has 2 N–H and O–H groups in total. The molecule has 0 aliphatic carbocycles. The SMILES string of the molecule is CCCCCc1c2c3ccccc3n(C)c2c(-c2ccc(-c3c4nc(c(-c5ccc(-c6c7c8ccccc8n(C)c7c(CCCCC)c7c8ccccc8n(C)c67)cc5)c5ccc([nH]5)c(-c5c(C)cc(C)cc5C)c5nc(c(-c6c(C)cc(C)cc6C)c6ccc3[nH]6)C=C5)C=C4)cc2)c2c3ccccc3n(C)c12. The van der Waals surface area contributed by atoms with E-state index in [0.29, 0.717) is 0 Å². The Hall–Kier alpha value is -12.0. The number of H-pyrrole nitrogens is 2. The first-order chi connectivity index (χ1) is 52.7. The van der Waals surface area contributed by atoms with Gasteiger partial charge in [-0.1, -0.05) is 196 Å². The Labute approximate surface area is 631 Å². The average Bonchev–Trinajstić information content (AvgIpc) is 1.54. The molecule has 2 aliphatic heterocycles. The smallest absolute Gasteiger partial charge is 0.0737 e. The lowest BCUT2D eigenvalue weighted by Gasteiger charge is -2.16. The Kier molecular flexibility index (Phi) is 16.0. The zero-order chi connectivity index (χ0) is 73.7. The Balaban J connectivity index is 0.890. The molecule has 17 aromatic rings. The van der Waals surface area contributed by atoms with Crippen molar-refractivity contribution in [3.8, 4) is 66.8 Å². The first-order valence-electron chi connectivity index (χ1n) is 39.0. The second-order valence-corrected chi connectivity index (χ2v) is 31.0. The molecule has 8 nitrogen and oxygen atoms in total. The zero-order valence-corrected chi connectivity index (χ0v) is 64.1. The van der Waals surface area contributed by atoms with Crippen molar-refractivity contribution in [3.63, 3.8) is 0 Å². The van der Waals surface area contributed by atoms with Gasteiger partial charge in [-0.15, -0.1) is 0 Å². The number of aryl methyl sites for hydroxylation is 12. The minimum atomic E-state index is 0.870. The number of aromatic amines is 2. The van der Waals surface area contributed by atoms with Gasteiger partial charge in [0.2, 0.25) is 0 Å². The van der Waals surface area contributed by atoms with Crippen LogP contribution in [-0.2, 0) is 41.0 Å². The van der Waals surface area contributed by atoms with Gasteiger partial charge in [-0.2, -0.15) is 0 Å². The van der Waals surface area contributed by atoms with Gasteiger partial charge in [0.05, 0.1) is 44.8 Å². The number of hydrogen-bond donors (Lipinski definition) is 2. The lowest BCUT2D eigenvalue weighted by atomic mass is 9.90. The number of unbranched alkanes of at least 4 members (excludes halogenated alkanes) is 4. The summed E-state index contributed by atoms with van der Waals surface area (Å²) in [5.74, 6) is 0. The Morgan fingerprint density at radius 1 is 0.287 bits per heavy atom. The number of nitrogens with one attached hydrogen (secondary N) is 2. The van der Waals surface area contributed by atoms with Crippen molar-refractivity contribution >= 4 is 134 Å². The van der Waals surface area contributed by atoms with Gasteiger partial charge >= 0.3 is 0 Å². The highest BCUT2D eigenvalue weighted by molar-refractivity contribution is 6.30. The third-order valence-corrected chi connectivity index (χ3v) is 24.2. The molecule has 10 aromatic carbocycles. The van der Waals surface area contributed by atoms with Crippen LogP contribution in [0.4, 0.5) is 0 Å². The predicted octanol–water partition coefficient (Wildman–Crippen LogP) is 26.6. The number of nitrogens with zero attached hydrogens (tertiary/aromatic N) is 6. The van der Waals surface area contributed by atoms with Crippen LogP contribution < -0.4 is 0 Å². The van der Waals surface area contributed by atoms with Crippen LogP contribution in [0.25, 0.3) is 200 Å². The van der Waals surface area contributed by atoms with Crippen molar-refractivity contribution in [2.75, 3.05) is 0 Å². The minimum absolute atomic E-state index is 0.870. The van der Waals surface area contributed by atoms with E-state index in [1.807, 2.05) is 0 Å². The van der Waals surface area contributed by atoms with E-state index in [0.717, 1.165) is 104 Å². The van der Waals surface area contributed by atoms with Gasteiger partial charge in [0.15, 0.2) is 0 Å². The van der Waals surface area contributed by atoms with E-state index in [-0.39, 0.29) is 0 Å². The predicted molar refractivity (Wildman–Crippen MR) is 462 cm³/mol. The van der Waals surface area contributed by atoms with Crippen LogP contribution in [0.15, 0.2) is 194 Å². The molecule has 2 aliphatic rings. The van der Waals surface area contributed by atoms with Crippen molar-refractivity contribution in [1.82, 2.24) is 38.2 Å². The van der Waals surface area contributed by atoms with Crippen LogP contribution >= 0.6 is 0 Å². The summed E-state index contributed by atoms with van der Waals surface area (Å²) in [5, 5.41) is 10.5. The standard InChI is InChI=1S/C100H90N8/c1-13-15-17-31-71-91-67-27-19-23-33-81(67)107(11)99(91)89(93-69-29-21-25-35-83(69)105(9)97(71)93)65-41-37-63(38-42-65)87-73-45-46-74(101-73)88(64-39-43-66(44-40-64)90-94-70-30-22-26-36-84(70)106(10)98(94)72(32-18-16-14-2)92-68-28-20-24-34-82(68)108(12)100(90)92)76-48-50-78(103-76)96(86-61(7)55-58(4)56-62(86)8)80-52-51-79(104-80)95(77-49-47-75(87)102-77)85-59(5)53-57(3)54-60(85)6/h19-30,33-56,102-103H,13-18,31-32H2,1-12H3. The van der Waals surface area contributed by atoms with Crippen molar-refractivity contribution in [2.24, 2.45) is 28.2 Å². The first-order valence-corrected chi connectivity index (χ1v) is 39.0. The van der Waals surface area contributed by atoms with Gasteiger partial charge in [0.25, 0.3) is 0 Å². The number of aromatic nitrogens is 8. The van der Waals surface area contributed by atoms with Crippen LogP contribution in [-0.4, -0.2) is 38.2 Å². The summed E-state index contributed by atoms with van der Waals surface area (Å²) in [6.45, 7) is 18.0. The molecule has 0 amide bonds. The number of hydrogen-bond acceptors (Lipinski definition) is 2. The topological polar surface area (TPSA) is 77.1 Å². The van der Waals surface area contributed by atoms with Crippen molar-refractivity contribution in [1.29, 1.82) is 0 Å². The number of rotatable bonds is 14. The normalized spacial score (nSPS) is 12.5. The number of para-hydroxylation sites is 4. The second-order valence-electron chi connectivity index (χ2n) is 31.0. The van der Waals surface area contributed by atoms with Crippen LogP contribution in [0.3, 0.4) is 0 Å². The maximum absolute atomic E-state index is 5.96. The van der Waals surface area contributed by atoms with E-state index in [1.165, 1.54) is 191 Å².